The zero-order valence-electron chi connectivity index (χ0n) is 10.9. The quantitative estimate of drug-likeness (QED) is 0.780. The fourth-order valence-electron chi connectivity index (χ4n) is 1.87. The molecular weight excluding hydrogens is 278 g/mol. The van der Waals surface area contributed by atoms with Crippen molar-refractivity contribution < 1.29 is 14.7 Å². The van der Waals surface area contributed by atoms with Crippen molar-refractivity contribution in [1.82, 2.24) is 10.3 Å². The first kappa shape index (κ1) is 14.3. The van der Waals surface area contributed by atoms with Crippen molar-refractivity contribution >= 4 is 38.6 Å². The van der Waals surface area contributed by atoms with Gasteiger partial charge in [-0.3, -0.25) is 4.79 Å². The monoisotopic (exact) mass is 293 g/mol. The lowest BCUT2D eigenvalue weighted by molar-refractivity contribution is -0.139. The van der Waals surface area contributed by atoms with E-state index in [4.69, 9.17) is 10.8 Å². The molecule has 1 amide bonds. The number of carboxylic acid groups (broad SMARTS) is 1. The van der Waals surface area contributed by atoms with E-state index in [-0.39, 0.29) is 0 Å². The number of aromatic nitrogens is 1. The second-order valence-electron chi connectivity index (χ2n) is 4.39. The minimum atomic E-state index is -1.02. The summed E-state index contributed by atoms with van der Waals surface area (Å²) in [5, 5.41) is 12.0. The van der Waals surface area contributed by atoms with Crippen LogP contribution >= 0.6 is 11.3 Å². The Morgan fingerprint density at radius 2 is 2.25 bits per heavy atom. The predicted octanol–water partition coefficient (Wildman–Crippen LogP) is 1.86. The normalized spacial score (nSPS) is 12.2. The van der Waals surface area contributed by atoms with Crippen molar-refractivity contribution in [3.05, 3.63) is 23.8 Å². The van der Waals surface area contributed by atoms with Crippen LogP contribution in [0.4, 0.5) is 5.13 Å². The van der Waals surface area contributed by atoms with Crippen LogP contribution in [0.5, 0.6) is 0 Å². The number of carbonyl (C=O) groups excluding carboxylic acids is 1. The molecule has 7 heteroatoms. The standard InChI is InChI=1S/C13H15N3O3S/c1-2-3-9(12(18)19)15-11(17)7-4-5-8-10(6-7)20-13(14)16-8/h4-6,9H,2-3H2,1H3,(H2,14,16)(H,15,17)(H,18,19)/t9-/m1/s1. The van der Waals surface area contributed by atoms with E-state index in [1.165, 1.54) is 11.3 Å². The fourth-order valence-corrected chi connectivity index (χ4v) is 2.64. The molecule has 20 heavy (non-hydrogen) atoms. The number of nitrogens with two attached hydrogens (primary N) is 1. The first-order valence-corrected chi connectivity index (χ1v) is 7.02. The van der Waals surface area contributed by atoms with E-state index in [0.29, 0.717) is 23.5 Å². The minimum absolute atomic E-state index is 0.400. The first-order valence-electron chi connectivity index (χ1n) is 6.21. The van der Waals surface area contributed by atoms with E-state index >= 15 is 0 Å². The smallest absolute Gasteiger partial charge is 0.326 e. The van der Waals surface area contributed by atoms with Crippen LogP contribution < -0.4 is 11.1 Å². The van der Waals surface area contributed by atoms with Gasteiger partial charge in [0, 0.05) is 5.56 Å². The van der Waals surface area contributed by atoms with E-state index in [2.05, 4.69) is 10.3 Å². The lowest BCUT2D eigenvalue weighted by atomic mass is 10.1. The van der Waals surface area contributed by atoms with Crippen LogP contribution in [0.3, 0.4) is 0 Å². The predicted molar refractivity (Wildman–Crippen MR) is 77.8 cm³/mol. The summed E-state index contributed by atoms with van der Waals surface area (Å²) < 4.78 is 0.803. The summed E-state index contributed by atoms with van der Waals surface area (Å²) in [5.41, 5.74) is 6.74. The third-order valence-electron chi connectivity index (χ3n) is 2.85. The van der Waals surface area contributed by atoms with E-state index in [9.17, 15) is 9.59 Å². The van der Waals surface area contributed by atoms with Gasteiger partial charge in [0.25, 0.3) is 5.91 Å². The van der Waals surface area contributed by atoms with Gasteiger partial charge in [-0.25, -0.2) is 9.78 Å². The van der Waals surface area contributed by atoms with Gasteiger partial charge in [-0.2, -0.15) is 0 Å². The number of nitrogen functional groups attached to an aromatic ring is 1. The molecule has 0 unspecified atom stereocenters. The number of benzene rings is 1. The van der Waals surface area contributed by atoms with Crippen molar-refractivity contribution in [3.63, 3.8) is 0 Å². The van der Waals surface area contributed by atoms with E-state index in [0.717, 1.165) is 10.2 Å². The second kappa shape index (κ2) is 5.87. The number of hydrogen-bond acceptors (Lipinski definition) is 5. The summed E-state index contributed by atoms with van der Waals surface area (Å²) in [6.07, 6.45) is 1.08. The summed E-state index contributed by atoms with van der Waals surface area (Å²) in [7, 11) is 0. The number of fused-ring (bicyclic) bond motifs is 1. The first-order chi connectivity index (χ1) is 9.51. The molecule has 0 saturated carbocycles. The van der Waals surface area contributed by atoms with Gasteiger partial charge in [0.15, 0.2) is 5.13 Å². The molecule has 106 valence electrons. The maximum atomic E-state index is 12.1. The van der Waals surface area contributed by atoms with Crippen LogP contribution in [0.1, 0.15) is 30.1 Å². The molecule has 4 N–H and O–H groups in total. The van der Waals surface area contributed by atoms with Gasteiger partial charge >= 0.3 is 5.97 Å². The van der Waals surface area contributed by atoms with Crippen molar-refractivity contribution in [2.75, 3.05) is 5.73 Å². The number of nitrogens with one attached hydrogen (secondary N) is 1. The van der Waals surface area contributed by atoms with E-state index in [1.54, 1.807) is 18.2 Å². The Kier molecular flexibility index (Phi) is 4.19. The minimum Gasteiger partial charge on any atom is -0.480 e. The highest BCUT2D eigenvalue weighted by Crippen LogP contribution is 2.24. The fraction of sp³-hybridized carbons (Fsp3) is 0.308. The largest absolute Gasteiger partial charge is 0.480 e. The van der Waals surface area contributed by atoms with Crippen molar-refractivity contribution in [3.8, 4) is 0 Å². The zero-order chi connectivity index (χ0) is 14.7. The van der Waals surface area contributed by atoms with Crippen LogP contribution in [0.25, 0.3) is 10.2 Å². The van der Waals surface area contributed by atoms with Crippen LogP contribution in [-0.2, 0) is 4.79 Å². The number of aliphatic carboxylic acids is 1. The zero-order valence-corrected chi connectivity index (χ0v) is 11.7. The van der Waals surface area contributed by atoms with E-state index < -0.39 is 17.9 Å². The molecule has 1 atom stereocenters. The highest BCUT2D eigenvalue weighted by molar-refractivity contribution is 7.22. The summed E-state index contributed by atoms with van der Waals surface area (Å²) >= 11 is 1.29. The highest BCUT2D eigenvalue weighted by atomic mass is 32.1. The molecule has 0 spiro atoms. The lowest BCUT2D eigenvalue weighted by Crippen LogP contribution is -2.40. The topological polar surface area (TPSA) is 105 Å². The molecule has 2 aromatic rings. The van der Waals surface area contributed by atoms with Crippen LogP contribution in [0.15, 0.2) is 18.2 Å². The Labute approximate surface area is 119 Å². The molecule has 0 radical (unpaired) electrons. The number of nitrogens with zero attached hydrogens (tertiary/aromatic N) is 1. The van der Waals surface area contributed by atoms with Gasteiger partial charge in [0.1, 0.15) is 6.04 Å². The van der Waals surface area contributed by atoms with Crippen LogP contribution in [0.2, 0.25) is 0 Å². The summed E-state index contributed by atoms with van der Waals surface area (Å²) in [6.45, 7) is 1.87. The number of thiazole rings is 1. The average Bonchev–Trinajstić information content (AvgIpc) is 2.76. The Morgan fingerprint density at radius 1 is 1.50 bits per heavy atom. The lowest BCUT2D eigenvalue weighted by Gasteiger charge is -2.13. The highest BCUT2D eigenvalue weighted by Gasteiger charge is 2.19. The number of rotatable bonds is 5. The third kappa shape index (κ3) is 3.05. The number of carboxylic acids is 1. The Morgan fingerprint density at radius 3 is 2.90 bits per heavy atom. The van der Waals surface area contributed by atoms with Crippen molar-refractivity contribution in [2.24, 2.45) is 0 Å². The molecule has 1 heterocycles. The van der Waals surface area contributed by atoms with Gasteiger partial charge in [-0.05, 0) is 24.6 Å². The molecule has 2 rings (SSSR count). The van der Waals surface area contributed by atoms with Gasteiger partial charge in [0.05, 0.1) is 10.2 Å². The molecule has 0 bridgehead atoms. The molecule has 6 nitrogen and oxygen atoms in total. The van der Waals surface area contributed by atoms with Gasteiger partial charge in [-0.1, -0.05) is 24.7 Å². The average molecular weight is 293 g/mol. The van der Waals surface area contributed by atoms with Gasteiger partial charge in [-0.15, -0.1) is 0 Å². The maximum Gasteiger partial charge on any atom is 0.326 e. The SMILES string of the molecule is CCC[C@@H](NC(=O)c1ccc2nc(N)sc2c1)C(=O)O. The molecule has 0 aliphatic heterocycles. The van der Waals surface area contributed by atoms with E-state index in [1.807, 2.05) is 6.92 Å². The number of amides is 1. The molecule has 1 aromatic heterocycles. The summed E-state index contributed by atoms with van der Waals surface area (Å²) in [4.78, 5) is 27.2. The summed E-state index contributed by atoms with van der Waals surface area (Å²) in [5.74, 6) is -1.43. The number of anilines is 1. The Balaban J connectivity index is 2.19. The van der Waals surface area contributed by atoms with Crippen molar-refractivity contribution in [2.45, 2.75) is 25.8 Å². The molecule has 1 aromatic carbocycles. The Hall–Kier alpha value is -2.15. The molecule has 0 aliphatic carbocycles. The van der Waals surface area contributed by atoms with Crippen LogP contribution in [-0.4, -0.2) is 28.0 Å². The van der Waals surface area contributed by atoms with Crippen molar-refractivity contribution in [1.29, 1.82) is 0 Å². The second-order valence-corrected chi connectivity index (χ2v) is 5.45. The third-order valence-corrected chi connectivity index (χ3v) is 3.70. The molecule has 0 saturated heterocycles. The molecule has 0 fully saturated rings. The summed E-state index contributed by atoms with van der Waals surface area (Å²) in [6, 6.07) is 4.12. The Bertz CT molecular complexity index is 653. The van der Waals surface area contributed by atoms with Gasteiger partial charge < -0.3 is 16.2 Å². The molecule has 0 aliphatic rings. The molecular formula is C13H15N3O3S. The number of carbonyl (C=O) groups is 2. The van der Waals surface area contributed by atoms with Gasteiger partial charge in [0.2, 0.25) is 0 Å². The maximum absolute atomic E-state index is 12.1. The van der Waals surface area contributed by atoms with Crippen LogP contribution in [0, 0.1) is 0 Å². The number of hydrogen-bond donors (Lipinski definition) is 3.